The number of likely N-dealkylation sites (N-methyl/N-ethyl adjacent to an activating group) is 1. The molecule has 2 aromatic carbocycles. The average Bonchev–Trinajstić information content (AvgIpc) is 3.18. The van der Waals surface area contributed by atoms with Crippen LogP contribution in [0.2, 0.25) is 0 Å². The first-order valence-corrected chi connectivity index (χ1v) is 11.9. The van der Waals surface area contributed by atoms with E-state index >= 15 is 0 Å². The Morgan fingerprint density at radius 2 is 1.91 bits per heavy atom. The predicted molar refractivity (Wildman–Crippen MR) is 135 cm³/mol. The minimum absolute atomic E-state index is 0.0246. The van der Waals surface area contributed by atoms with Gasteiger partial charge in [-0.1, -0.05) is 32.0 Å². The van der Waals surface area contributed by atoms with Crippen LogP contribution in [0.3, 0.4) is 0 Å². The van der Waals surface area contributed by atoms with Crippen LogP contribution in [0.15, 0.2) is 53.5 Å². The van der Waals surface area contributed by atoms with Gasteiger partial charge in [0.15, 0.2) is 0 Å². The van der Waals surface area contributed by atoms with Crippen LogP contribution in [-0.4, -0.2) is 72.0 Å². The highest BCUT2D eigenvalue weighted by molar-refractivity contribution is 6.11. The van der Waals surface area contributed by atoms with Gasteiger partial charge in [0.2, 0.25) is 0 Å². The highest BCUT2D eigenvalue weighted by Crippen LogP contribution is 2.23. The molecule has 1 amide bonds. The molecule has 0 saturated carbocycles. The summed E-state index contributed by atoms with van der Waals surface area (Å²) in [6.45, 7) is 11.5. The molecule has 1 atom stereocenters. The molecule has 174 valence electrons. The van der Waals surface area contributed by atoms with Crippen LogP contribution in [-0.2, 0) is 0 Å². The average molecular weight is 447 g/mol. The van der Waals surface area contributed by atoms with Crippen LogP contribution in [0.25, 0.3) is 10.9 Å². The lowest BCUT2D eigenvalue weighted by atomic mass is 10.1. The first-order chi connectivity index (χ1) is 16.1. The lowest BCUT2D eigenvalue weighted by molar-refractivity contribution is 0.0949. The molecule has 7 nitrogen and oxygen atoms in total. The molecule has 0 saturated heterocycles. The number of hydrogen-bond donors (Lipinski definition) is 2. The van der Waals surface area contributed by atoms with Crippen LogP contribution in [0.4, 0.5) is 5.69 Å². The van der Waals surface area contributed by atoms with E-state index in [1.165, 1.54) is 0 Å². The Bertz CT molecular complexity index is 1100. The van der Waals surface area contributed by atoms with E-state index in [-0.39, 0.29) is 11.9 Å². The summed E-state index contributed by atoms with van der Waals surface area (Å²) in [6.07, 6.45) is 0.972. The molecule has 0 fully saturated rings. The quantitative estimate of drug-likeness (QED) is 0.553. The van der Waals surface area contributed by atoms with E-state index < -0.39 is 0 Å². The number of amides is 1. The van der Waals surface area contributed by atoms with Gasteiger partial charge >= 0.3 is 0 Å². The number of aromatic nitrogens is 2. The normalized spacial score (nSPS) is 16.7. The third kappa shape index (κ3) is 5.42. The van der Waals surface area contributed by atoms with Crippen molar-refractivity contribution >= 4 is 28.2 Å². The van der Waals surface area contributed by atoms with Crippen molar-refractivity contribution in [3.63, 3.8) is 0 Å². The van der Waals surface area contributed by atoms with E-state index in [4.69, 9.17) is 4.99 Å². The fourth-order valence-electron chi connectivity index (χ4n) is 4.31. The molecule has 3 aromatic rings. The number of rotatable bonds is 8. The summed E-state index contributed by atoms with van der Waals surface area (Å²) in [4.78, 5) is 22.1. The van der Waals surface area contributed by atoms with Gasteiger partial charge in [-0.2, -0.15) is 5.10 Å². The van der Waals surface area contributed by atoms with Gasteiger partial charge in [-0.25, -0.2) is 0 Å². The predicted octanol–water partition coefficient (Wildman–Crippen LogP) is 3.72. The minimum Gasteiger partial charge on any atom is -0.365 e. The van der Waals surface area contributed by atoms with Gasteiger partial charge in [-0.15, -0.1) is 0 Å². The molecule has 1 aromatic heterocycles. The zero-order valence-corrected chi connectivity index (χ0v) is 19.8. The number of fused-ring (bicyclic) bond motifs is 1. The summed E-state index contributed by atoms with van der Waals surface area (Å²) < 4.78 is 0. The van der Waals surface area contributed by atoms with Crippen molar-refractivity contribution in [2.45, 2.75) is 33.2 Å². The number of aliphatic imine (C=N–C) groups is 1. The second-order valence-corrected chi connectivity index (χ2v) is 8.58. The number of anilines is 1. The third-order valence-corrected chi connectivity index (χ3v) is 6.38. The van der Waals surface area contributed by atoms with Gasteiger partial charge in [0, 0.05) is 42.3 Å². The zero-order chi connectivity index (χ0) is 23.2. The van der Waals surface area contributed by atoms with Crippen LogP contribution >= 0.6 is 0 Å². The lowest BCUT2D eigenvalue weighted by Gasteiger charge is -2.23. The van der Waals surface area contributed by atoms with Crippen molar-refractivity contribution < 1.29 is 4.79 Å². The molecule has 7 heteroatoms. The number of aromatic amines is 1. The van der Waals surface area contributed by atoms with Crippen molar-refractivity contribution in [3.8, 4) is 0 Å². The molecule has 0 bridgehead atoms. The van der Waals surface area contributed by atoms with Gasteiger partial charge in [0.25, 0.3) is 5.91 Å². The lowest BCUT2D eigenvalue weighted by Crippen LogP contribution is -2.34. The van der Waals surface area contributed by atoms with Crippen LogP contribution in [0.1, 0.15) is 43.2 Å². The number of carbonyl (C=O) groups is 1. The monoisotopic (exact) mass is 446 g/mol. The summed E-state index contributed by atoms with van der Waals surface area (Å²) in [6, 6.07) is 16.3. The largest absolute Gasteiger partial charge is 0.365 e. The number of H-pyrrole nitrogens is 1. The number of hydrogen-bond acceptors (Lipinski definition) is 5. The van der Waals surface area contributed by atoms with E-state index in [0.29, 0.717) is 18.7 Å². The molecule has 2 N–H and O–H groups in total. The first kappa shape index (κ1) is 23.0. The maximum absolute atomic E-state index is 12.5. The molecule has 1 aliphatic rings. The number of nitrogens with one attached hydrogen (secondary N) is 2. The molecule has 1 unspecified atom stereocenters. The van der Waals surface area contributed by atoms with Gasteiger partial charge in [-0.3, -0.25) is 14.9 Å². The maximum Gasteiger partial charge on any atom is 0.251 e. The second kappa shape index (κ2) is 10.6. The van der Waals surface area contributed by atoms with Gasteiger partial charge in [-0.05, 0) is 56.8 Å². The van der Waals surface area contributed by atoms with E-state index in [1.807, 2.05) is 42.5 Å². The number of carbonyl (C=O) groups excluding carboxylic acids is 1. The Labute approximate surface area is 195 Å². The molecule has 0 spiro atoms. The second-order valence-electron chi connectivity index (χ2n) is 8.58. The summed E-state index contributed by atoms with van der Waals surface area (Å²) in [7, 11) is 0. The van der Waals surface area contributed by atoms with Crippen molar-refractivity contribution in [3.05, 3.63) is 59.8 Å². The standard InChI is InChI=1S/C26H34N6O/c1-4-31(5-2)17-15-27-26(33)20-10-12-21(13-11-20)32-16-14-19(3)28-24(18-32)25-22-8-6-7-9-23(22)29-30-25/h6-13,19H,4-5,14-18H2,1-3H3,(H,27,33)(H,29,30). The molecule has 33 heavy (non-hydrogen) atoms. The number of para-hydroxylation sites is 1. The van der Waals surface area contributed by atoms with Crippen LogP contribution in [0.5, 0.6) is 0 Å². The molecule has 0 radical (unpaired) electrons. The molecule has 2 heterocycles. The molecular formula is C26H34N6O. The number of benzene rings is 2. The van der Waals surface area contributed by atoms with E-state index in [9.17, 15) is 4.79 Å². The van der Waals surface area contributed by atoms with Crippen molar-refractivity contribution in [2.24, 2.45) is 4.99 Å². The smallest absolute Gasteiger partial charge is 0.251 e. The fourth-order valence-corrected chi connectivity index (χ4v) is 4.31. The van der Waals surface area contributed by atoms with E-state index in [0.717, 1.165) is 60.6 Å². The SMILES string of the molecule is CCN(CC)CCNC(=O)c1ccc(N2CCC(C)N=C(c3n[nH]c4ccccc34)C2)cc1. The Morgan fingerprint density at radius 3 is 2.67 bits per heavy atom. The maximum atomic E-state index is 12.5. The van der Waals surface area contributed by atoms with Gasteiger partial charge in [0.05, 0.1) is 17.8 Å². The fraction of sp³-hybridized carbons (Fsp3) is 0.423. The first-order valence-electron chi connectivity index (χ1n) is 11.9. The van der Waals surface area contributed by atoms with Crippen molar-refractivity contribution in [1.82, 2.24) is 20.4 Å². The number of nitrogens with zero attached hydrogens (tertiary/aromatic N) is 4. The topological polar surface area (TPSA) is 76.6 Å². The molecular weight excluding hydrogens is 412 g/mol. The highest BCUT2D eigenvalue weighted by Gasteiger charge is 2.21. The Kier molecular flexibility index (Phi) is 7.40. The molecule has 4 rings (SSSR count). The van der Waals surface area contributed by atoms with E-state index in [1.54, 1.807) is 0 Å². The molecule has 0 aliphatic carbocycles. The summed E-state index contributed by atoms with van der Waals surface area (Å²) in [5, 5.41) is 11.8. The summed E-state index contributed by atoms with van der Waals surface area (Å²) >= 11 is 0. The Balaban J connectivity index is 1.45. The van der Waals surface area contributed by atoms with E-state index in [2.05, 4.69) is 52.2 Å². The third-order valence-electron chi connectivity index (χ3n) is 6.38. The van der Waals surface area contributed by atoms with Gasteiger partial charge < -0.3 is 15.1 Å². The minimum atomic E-state index is -0.0246. The highest BCUT2D eigenvalue weighted by atomic mass is 16.1. The Morgan fingerprint density at radius 1 is 1.15 bits per heavy atom. The van der Waals surface area contributed by atoms with Crippen LogP contribution in [0, 0.1) is 0 Å². The van der Waals surface area contributed by atoms with Gasteiger partial charge in [0.1, 0.15) is 5.69 Å². The Hall–Kier alpha value is -3.19. The van der Waals surface area contributed by atoms with Crippen molar-refractivity contribution in [1.29, 1.82) is 0 Å². The van der Waals surface area contributed by atoms with Crippen LogP contribution < -0.4 is 10.2 Å². The zero-order valence-electron chi connectivity index (χ0n) is 19.8. The summed E-state index contributed by atoms with van der Waals surface area (Å²) in [5.74, 6) is -0.0246. The summed E-state index contributed by atoms with van der Waals surface area (Å²) in [5.41, 5.74) is 4.73. The molecule has 1 aliphatic heterocycles. The van der Waals surface area contributed by atoms with Crippen molar-refractivity contribution in [2.75, 3.05) is 44.2 Å².